The molecule has 0 heterocycles. The van der Waals surface area contributed by atoms with E-state index in [0.717, 1.165) is 12.8 Å². The molecule has 0 bridgehead atoms. The molecule has 2 rings (SSSR count). The summed E-state index contributed by atoms with van der Waals surface area (Å²) in [5.74, 6) is -0.489. The summed E-state index contributed by atoms with van der Waals surface area (Å²) in [7, 11) is 0. The molecule has 20 heavy (non-hydrogen) atoms. The zero-order chi connectivity index (χ0) is 14.5. The lowest BCUT2D eigenvalue weighted by atomic mass is 10.0. The molecule has 2 nitrogen and oxygen atoms in total. The van der Waals surface area contributed by atoms with Crippen LogP contribution in [0.1, 0.15) is 30.1 Å². The molecule has 1 N–H and O–H groups in total. The van der Waals surface area contributed by atoms with Crippen LogP contribution in [0, 0.1) is 5.82 Å². The lowest BCUT2D eigenvalue weighted by Crippen LogP contribution is -2.25. The molecule has 2 aromatic carbocycles. The van der Waals surface area contributed by atoms with Crippen molar-refractivity contribution >= 4 is 28.3 Å². The molecule has 1 unspecified atom stereocenters. The third-order valence-electron chi connectivity index (χ3n) is 3.18. The summed E-state index contributed by atoms with van der Waals surface area (Å²) in [4.78, 5) is 12.1. The van der Waals surface area contributed by atoms with Gasteiger partial charge in [0.25, 0.3) is 5.91 Å². The lowest BCUT2D eigenvalue weighted by Gasteiger charge is -2.09. The van der Waals surface area contributed by atoms with Crippen molar-refractivity contribution in [3.63, 3.8) is 0 Å². The second kappa shape index (κ2) is 6.71. The van der Waals surface area contributed by atoms with Crippen LogP contribution in [0.3, 0.4) is 0 Å². The minimum absolute atomic E-state index is 0.110. The average Bonchev–Trinajstić information content (AvgIpc) is 2.44. The summed E-state index contributed by atoms with van der Waals surface area (Å²) < 4.78 is 13.7. The van der Waals surface area contributed by atoms with E-state index in [1.165, 1.54) is 12.1 Å². The monoisotopic (exact) mass is 293 g/mol. The maximum atomic E-state index is 13.7. The molecule has 0 aliphatic heterocycles. The Morgan fingerprint density at radius 3 is 2.65 bits per heavy atom. The van der Waals surface area contributed by atoms with Crippen LogP contribution in [0.4, 0.5) is 4.39 Å². The molecule has 2 aromatic rings. The highest BCUT2D eigenvalue weighted by atomic mass is 35.5. The highest BCUT2D eigenvalue weighted by molar-refractivity contribution is 6.20. The summed E-state index contributed by atoms with van der Waals surface area (Å²) in [6, 6.07) is 9.85. The fourth-order valence-electron chi connectivity index (χ4n) is 2.14. The van der Waals surface area contributed by atoms with E-state index in [2.05, 4.69) is 5.32 Å². The average molecular weight is 294 g/mol. The summed E-state index contributed by atoms with van der Waals surface area (Å²) in [5, 5.41) is 4.06. The van der Waals surface area contributed by atoms with Gasteiger partial charge in [-0.05, 0) is 37.3 Å². The fourth-order valence-corrected chi connectivity index (χ4v) is 2.30. The van der Waals surface area contributed by atoms with Gasteiger partial charge in [0.2, 0.25) is 0 Å². The van der Waals surface area contributed by atoms with Crippen molar-refractivity contribution in [2.75, 3.05) is 6.54 Å². The molecule has 0 radical (unpaired) electrons. The van der Waals surface area contributed by atoms with Crippen molar-refractivity contribution in [2.45, 2.75) is 25.1 Å². The maximum Gasteiger partial charge on any atom is 0.251 e. The number of halogens is 2. The molecular formula is C16H17ClFNO. The van der Waals surface area contributed by atoms with Crippen molar-refractivity contribution in [1.82, 2.24) is 5.32 Å². The van der Waals surface area contributed by atoms with E-state index < -0.39 is 0 Å². The predicted octanol–water partition coefficient (Wildman–Crippen LogP) is 4.12. The number of hydrogen-bond donors (Lipinski definition) is 1. The van der Waals surface area contributed by atoms with Gasteiger partial charge >= 0.3 is 0 Å². The molecule has 0 saturated heterocycles. The molecule has 0 aromatic heterocycles. The number of carbonyl (C=O) groups excluding carboxylic acids is 1. The molecule has 1 atom stereocenters. The second-order valence-electron chi connectivity index (χ2n) is 4.82. The number of benzene rings is 2. The number of alkyl halides is 1. The number of hydrogen-bond acceptors (Lipinski definition) is 1. The minimum Gasteiger partial charge on any atom is -0.352 e. The van der Waals surface area contributed by atoms with Gasteiger partial charge in [0.05, 0.1) is 0 Å². The van der Waals surface area contributed by atoms with Crippen molar-refractivity contribution < 1.29 is 9.18 Å². The van der Waals surface area contributed by atoms with Gasteiger partial charge in [-0.25, -0.2) is 4.39 Å². The third-order valence-corrected chi connectivity index (χ3v) is 3.40. The Kier molecular flexibility index (Phi) is 4.96. The molecule has 0 aliphatic rings. The highest BCUT2D eigenvalue weighted by Crippen LogP contribution is 2.21. The summed E-state index contributed by atoms with van der Waals surface area (Å²) in [6.45, 7) is 2.50. The zero-order valence-corrected chi connectivity index (χ0v) is 12.1. The van der Waals surface area contributed by atoms with E-state index in [9.17, 15) is 9.18 Å². The SMILES string of the molecule is CC(Cl)CCCNC(=O)c1ccc(F)c2ccccc12. The third kappa shape index (κ3) is 3.48. The van der Waals surface area contributed by atoms with Crippen molar-refractivity contribution in [2.24, 2.45) is 0 Å². The largest absolute Gasteiger partial charge is 0.352 e. The Balaban J connectivity index is 2.12. The number of rotatable bonds is 5. The van der Waals surface area contributed by atoms with E-state index in [4.69, 9.17) is 11.6 Å². The van der Waals surface area contributed by atoms with Gasteiger partial charge in [0.15, 0.2) is 0 Å². The van der Waals surface area contributed by atoms with Gasteiger partial charge in [0, 0.05) is 22.9 Å². The first-order valence-corrected chi connectivity index (χ1v) is 7.12. The topological polar surface area (TPSA) is 29.1 Å². The van der Waals surface area contributed by atoms with Gasteiger partial charge in [-0.15, -0.1) is 11.6 Å². The molecule has 106 valence electrons. The van der Waals surface area contributed by atoms with Crippen molar-refractivity contribution in [3.8, 4) is 0 Å². The zero-order valence-electron chi connectivity index (χ0n) is 11.3. The molecule has 0 aliphatic carbocycles. The Labute approximate surface area is 122 Å². The van der Waals surface area contributed by atoms with Crippen LogP contribution in [0.2, 0.25) is 0 Å². The van der Waals surface area contributed by atoms with Crippen LogP contribution in [0.25, 0.3) is 10.8 Å². The van der Waals surface area contributed by atoms with Crippen LogP contribution < -0.4 is 5.32 Å². The van der Waals surface area contributed by atoms with Crippen LogP contribution in [-0.2, 0) is 0 Å². The Morgan fingerprint density at radius 1 is 1.25 bits per heavy atom. The first kappa shape index (κ1) is 14.8. The van der Waals surface area contributed by atoms with E-state index in [-0.39, 0.29) is 17.1 Å². The second-order valence-corrected chi connectivity index (χ2v) is 5.56. The Morgan fingerprint density at radius 2 is 1.95 bits per heavy atom. The van der Waals surface area contributed by atoms with E-state index in [1.807, 2.05) is 6.92 Å². The smallest absolute Gasteiger partial charge is 0.251 e. The normalized spacial score (nSPS) is 12.3. The fraction of sp³-hybridized carbons (Fsp3) is 0.312. The molecule has 4 heteroatoms. The standard InChI is InChI=1S/C16H17ClFNO/c1-11(17)5-4-10-19-16(20)14-8-9-15(18)13-7-3-2-6-12(13)14/h2-3,6-9,11H,4-5,10H2,1H3,(H,19,20). The van der Waals surface area contributed by atoms with E-state index in [1.54, 1.807) is 24.3 Å². The van der Waals surface area contributed by atoms with Gasteiger partial charge in [0.1, 0.15) is 5.82 Å². The van der Waals surface area contributed by atoms with Crippen LogP contribution in [0.15, 0.2) is 36.4 Å². The van der Waals surface area contributed by atoms with Gasteiger partial charge < -0.3 is 5.32 Å². The maximum absolute atomic E-state index is 13.7. The van der Waals surface area contributed by atoms with E-state index >= 15 is 0 Å². The highest BCUT2D eigenvalue weighted by Gasteiger charge is 2.11. The number of amides is 1. The number of carbonyl (C=O) groups is 1. The predicted molar refractivity (Wildman–Crippen MR) is 80.8 cm³/mol. The number of nitrogens with one attached hydrogen (secondary N) is 1. The van der Waals surface area contributed by atoms with Crippen LogP contribution >= 0.6 is 11.6 Å². The summed E-state index contributed by atoms with van der Waals surface area (Å²) in [5.41, 5.74) is 0.501. The van der Waals surface area contributed by atoms with Crippen molar-refractivity contribution in [3.05, 3.63) is 47.8 Å². The van der Waals surface area contributed by atoms with Crippen LogP contribution in [-0.4, -0.2) is 17.8 Å². The van der Waals surface area contributed by atoms with Crippen molar-refractivity contribution in [1.29, 1.82) is 0 Å². The van der Waals surface area contributed by atoms with Crippen LogP contribution in [0.5, 0.6) is 0 Å². The Bertz CT molecular complexity index is 612. The lowest BCUT2D eigenvalue weighted by molar-refractivity contribution is 0.0954. The molecule has 0 saturated carbocycles. The molecule has 1 amide bonds. The first-order valence-electron chi connectivity index (χ1n) is 6.69. The summed E-state index contributed by atoms with van der Waals surface area (Å²) in [6.07, 6.45) is 1.68. The molecule has 0 fully saturated rings. The van der Waals surface area contributed by atoms with E-state index in [0.29, 0.717) is 22.9 Å². The van der Waals surface area contributed by atoms with Gasteiger partial charge in [-0.2, -0.15) is 0 Å². The van der Waals surface area contributed by atoms with Gasteiger partial charge in [-0.1, -0.05) is 24.3 Å². The summed E-state index contributed by atoms with van der Waals surface area (Å²) >= 11 is 5.85. The minimum atomic E-state index is -0.312. The first-order chi connectivity index (χ1) is 9.59. The molecular weight excluding hydrogens is 277 g/mol. The Hall–Kier alpha value is -1.61. The van der Waals surface area contributed by atoms with Gasteiger partial charge in [-0.3, -0.25) is 4.79 Å². The quantitative estimate of drug-likeness (QED) is 0.652. The molecule has 0 spiro atoms. The number of fused-ring (bicyclic) bond motifs is 1.